The van der Waals surface area contributed by atoms with Crippen molar-refractivity contribution < 1.29 is 4.79 Å². The van der Waals surface area contributed by atoms with Crippen LogP contribution in [-0.2, 0) is 24.8 Å². The van der Waals surface area contributed by atoms with Crippen LogP contribution in [0.4, 0.5) is 5.69 Å². The molecule has 166 valence electrons. The van der Waals surface area contributed by atoms with Crippen LogP contribution < -0.4 is 10.6 Å². The predicted octanol–water partition coefficient (Wildman–Crippen LogP) is 3.76. The summed E-state index contributed by atoms with van der Waals surface area (Å²) < 4.78 is 1.88. The van der Waals surface area contributed by atoms with Crippen LogP contribution in [0.3, 0.4) is 0 Å². The Labute approximate surface area is 197 Å². The molecule has 30 heavy (non-hydrogen) atoms. The zero-order valence-corrected chi connectivity index (χ0v) is 21.2. The van der Waals surface area contributed by atoms with Gasteiger partial charge in [0.25, 0.3) is 0 Å². The van der Waals surface area contributed by atoms with Crippen LogP contribution in [0.2, 0.25) is 0 Å². The van der Waals surface area contributed by atoms with Gasteiger partial charge < -0.3 is 15.5 Å². The van der Waals surface area contributed by atoms with Gasteiger partial charge in [0, 0.05) is 58.1 Å². The monoisotopic (exact) mass is 526 g/mol. The Morgan fingerprint density at radius 3 is 2.50 bits per heavy atom. The standard InChI is InChI=1S/C22H34N6O.HI/c1-7-23-22(27(5)14-19-15-28(6)26-21(19)16(2)3)24-13-12-18-8-10-20(11-9-18)25-17(4)29;/h8-11,15-16H,7,12-14H2,1-6H3,(H,23,24)(H,25,29);1H. The van der Waals surface area contributed by atoms with E-state index in [0.29, 0.717) is 12.5 Å². The van der Waals surface area contributed by atoms with Crippen LogP contribution in [0.5, 0.6) is 0 Å². The van der Waals surface area contributed by atoms with Crippen molar-refractivity contribution in [2.75, 3.05) is 25.5 Å². The van der Waals surface area contributed by atoms with Gasteiger partial charge >= 0.3 is 0 Å². The van der Waals surface area contributed by atoms with Crippen LogP contribution in [0.15, 0.2) is 35.5 Å². The first-order valence-electron chi connectivity index (χ1n) is 10.2. The lowest BCUT2D eigenvalue weighted by Gasteiger charge is -2.22. The Morgan fingerprint density at radius 1 is 1.27 bits per heavy atom. The summed E-state index contributed by atoms with van der Waals surface area (Å²) in [5, 5.41) is 10.8. The molecule has 0 unspecified atom stereocenters. The average Bonchev–Trinajstić information content (AvgIpc) is 3.02. The van der Waals surface area contributed by atoms with Gasteiger partial charge in [-0.25, -0.2) is 0 Å². The molecule has 8 heteroatoms. The lowest BCUT2D eigenvalue weighted by atomic mass is 10.1. The molecule has 0 atom stereocenters. The Morgan fingerprint density at radius 2 is 1.93 bits per heavy atom. The Kier molecular flexibility index (Phi) is 10.9. The SMILES string of the molecule is CCNC(=NCCc1ccc(NC(C)=O)cc1)N(C)Cc1cn(C)nc1C(C)C.I. The van der Waals surface area contributed by atoms with Crippen LogP contribution in [-0.4, -0.2) is 46.7 Å². The van der Waals surface area contributed by atoms with E-state index >= 15 is 0 Å². The van der Waals surface area contributed by atoms with Crippen LogP contribution in [0.25, 0.3) is 0 Å². The molecule has 0 saturated heterocycles. The summed E-state index contributed by atoms with van der Waals surface area (Å²) >= 11 is 0. The maximum Gasteiger partial charge on any atom is 0.221 e. The topological polar surface area (TPSA) is 74.6 Å². The van der Waals surface area contributed by atoms with Gasteiger partial charge in [0.05, 0.1) is 5.69 Å². The molecule has 0 saturated carbocycles. The number of aryl methyl sites for hydroxylation is 1. The summed E-state index contributed by atoms with van der Waals surface area (Å²) in [7, 11) is 4.02. The van der Waals surface area contributed by atoms with E-state index in [-0.39, 0.29) is 29.9 Å². The van der Waals surface area contributed by atoms with Crippen molar-refractivity contribution in [3.8, 4) is 0 Å². The van der Waals surface area contributed by atoms with Crippen molar-refractivity contribution in [2.45, 2.75) is 46.6 Å². The summed E-state index contributed by atoms with van der Waals surface area (Å²) in [5.74, 6) is 1.22. The number of carbonyl (C=O) groups excluding carboxylic acids is 1. The number of guanidine groups is 1. The second-order valence-electron chi connectivity index (χ2n) is 7.59. The van der Waals surface area contributed by atoms with Gasteiger partial charge in [-0.15, -0.1) is 24.0 Å². The van der Waals surface area contributed by atoms with E-state index in [9.17, 15) is 4.79 Å². The number of rotatable bonds is 8. The number of benzene rings is 1. The third-order valence-electron chi connectivity index (χ3n) is 4.52. The first-order chi connectivity index (χ1) is 13.8. The maximum atomic E-state index is 11.1. The van der Waals surface area contributed by atoms with Crippen molar-refractivity contribution in [3.63, 3.8) is 0 Å². The zero-order valence-electron chi connectivity index (χ0n) is 18.9. The molecule has 2 N–H and O–H groups in total. The van der Waals surface area contributed by atoms with E-state index in [2.05, 4.69) is 54.6 Å². The van der Waals surface area contributed by atoms with E-state index in [1.54, 1.807) is 0 Å². The van der Waals surface area contributed by atoms with E-state index in [1.165, 1.54) is 18.1 Å². The first kappa shape index (κ1) is 25.9. The molecule has 1 amide bonds. The molecule has 1 heterocycles. The number of aromatic nitrogens is 2. The predicted molar refractivity (Wildman–Crippen MR) is 135 cm³/mol. The highest BCUT2D eigenvalue weighted by molar-refractivity contribution is 14.0. The third kappa shape index (κ3) is 7.97. The molecule has 1 aromatic carbocycles. The molecule has 0 bridgehead atoms. The molecular weight excluding hydrogens is 491 g/mol. The number of aliphatic imine (C=N–C) groups is 1. The highest BCUT2D eigenvalue weighted by atomic mass is 127. The van der Waals surface area contributed by atoms with Crippen LogP contribution >= 0.6 is 24.0 Å². The molecule has 0 aliphatic rings. The van der Waals surface area contributed by atoms with Gasteiger partial charge in [-0.05, 0) is 37.0 Å². The van der Waals surface area contributed by atoms with Crippen molar-refractivity contribution in [1.82, 2.24) is 20.0 Å². The minimum atomic E-state index is -0.0603. The Balaban J connectivity index is 0.00000450. The number of amides is 1. The first-order valence-corrected chi connectivity index (χ1v) is 10.2. The molecule has 2 rings (SSSR count). The Bertz CT molecular complexity index is 829. The van der Waals surface area contributed by atoms with Crippen molar-refractivity contribution in [2.24, 2.45) is 12.0 Å². The fourth-order valence-corrected chi connectivity index (χ4v) is 3.21. The number of hydrogen-bond acceptors (Lipinski definition) is 3. The quantitative estimate of drug-likeness (QED) is 0.312. The van der Waals surface area contributed by atoms with E-state index in [4.69, 9.17) is 4.99 Å². The van der Waals surface area contributed by atoms with Crippen LogP contribution in [0, 0.1) is 0 Å². The van der Waals surface area contributed by atoms with Gasteiger partial charge in [0.1, 0.15) is 0 Å². The number of hydrogen-bond donors (Lipinski definition) is 2. The Hall–Kier alpha value is -2.10. The zero-order chi connectivity index (χ0) is 21.4. The lowest BCUT2D eigenvalue weighted by molar-refractivity contribution is -0.114. The number of nitrogens with one attached hydrogen (secondary N) is 2. The fraction of sp³-hybridized carbons (Fsp3) is 0.500. The largest absolute Gasteiger partial charge is 0.357 e. The summed E-state index contributed by atoms with van der Waals surface area (Å²) in [5.41, 5.74) is 4.37. The van der Waals surface area contributed by atoms with Crippen molar-refractivity contribution in [1.29, 1.82) is 0 Å². The number of halogens is 1. The number of anilines is 1. The summed E-state index contributed by atoms with van der Waals surface area (Å²) in [6, 6.07) is 7.91. The smallest absolute Gasteiger partial charge is 0.221 e. The van der Waals surface area contributed by atoms with E-state index in [1.807, 2.05) is 36.0 Å². The van der Waals surface area contributed by atoms with Gasteiger partial charge in [-0.3, -0.25) is 14.5 Å². The van der Waals surface area contributed by atoms with E-state index in [0.717, 1.165) is 36.9 Å². The maximum absolute atomic E-state index is 11.1. The minimum Gasteiger partial charge on any atom is -0.357 e. The van der Waals surface area contributed by atoms with Gasteiger partial charge in [0.15, 0.2) is 5.96 Å². The van der Waals surface area contributed by atoms with Crippen molar-refractivity contribution in [3.05, 3.63) is 47.3 Å². The molecule has 0 spiro atoms. The summed E-state index contributed by atoms with van der Waals surface area (Å²) in [6.07, 6.45) is 2.93. The normalized spacial score (nSPS) is 11.2. The minimum absolute atomic E-state index is 0. The highest BCUT2D eigenvalue weighted by Crippen LogP contribution is 2.18. The molecular formula is C22H35IN6O. The number of nitrogens with zero attached hydrogens (tertiary/aromatic N) is 4. The molecule has 1 aromatic heterocycles. The van der Waals surface area contributed by atoms with Crippen molar-refractivity contribution >= 4 is 41.5 Å². The second kappa shape index (κ2) is 12.6. The van der Waals surface area contributed by atoms with Gasteiger partial charge in [0.2, 0.25) is 5.91 Å². The molecule has 0 aliphatic heterocycles. The molecule has 0 fully saturated rings. The van der Waals surface area contributed by atoms with Gasteiger partial charge in [-0.1, -0.05) is 26.0 Å². The molecule has 2 aromatic rings. The summed E-state index contributed by atoms with van der Waals surface area (Å²) in [4.78, 5) is 18.1. The average molecular weight is 526 g/mol. The summed E-state index contributed by atoms with van der Waals surface area (Å²) in [6.45, 7) is 10.2. The molecule has 0 aliphatic carbocycles. The molecule has 7 nitrogen and oxygen atoms in total. The fourth-order valence-electron chi connectivity index (χ4n) is 3.21. The number of carbonyl (C=O) groups is 1. The second-order valence-corrected chi connectivity index (χ2v) is 7.59. The molecule has 0 radical (unpaired) electrons. The van der Waals surface area contributed by atoms with Gasteiger partial charge in [-0.2, -0.15) is 5.10 Å². The van der Waals surface area contributed by atoms with Crippen LogP contribution in [0.1, 0.15) is 50.4 Å². The highest BCUT2D eigenvalue weighted by Gasteiger charge is 2.15. The van der Waals surface area contributed by atoms with E-state index < -0.39 is 0 Å². The lowest BCUT2D eigenvalue weighted by Crippen LogP contribution is -2.38. The third-order valence-corrected chi connectivity index (χ3v) is 4.52.